The van der Waals surface area contributed by atoms with Gasteiger partial charge < -0.3 is 9.47 Å². The number of hydrogen-bond acceptors (Lipinski definition) is 6. The third kappa shape index (κ3) is 4.41. The highest BCUT2D eigenvalue weighted by Gasteiger charge is 2.38. The molecule has 0 bridgehead atoms. The molecular formula is C23H27BrN2O5S. The van der Waals surface area contributed by atoms with Gasteiger partial charge in [-0.25, -0.2) is 14.2 Å². The number of ether oxygens (including phenoxy) is 2. The van der Waals surface area contributed by atoms with Crippen molar-refractivity contribution < 1.29 is 14.3 Å². The quantitative estimate of drug-likeness (QED) is 0.463. The number of esters is 1. The van der Waals surface area contributed by atoms with Gasteiger partial charge in [0, 0.05) is 0 Å². The molecule has 0 N–H and O–H groups in total. The van der Waals surface area contributed by atoms with Crippen molar-refractivity contribution in [3.8, 4) is 5.75 Å². The molecule has 9 heteroatoms. The molecule has 0 fully saturated rings. The number of hydrogen-bond donors (Lipinski definition) is 0. The summed E-state index contributed by atoms with van der Waals surface area (Å²) in [7, 11) is 1.59. The maximum absolute atomic E-state index is 13.7. The van der Waals surface area contributed by atoms with Crippen molar-refractivity contribution in [2.45, 2.75) is 59.2 Å². The zero-order valence-electron chi connectivity index (χ0n) is 19.2. The Balaban J connectivity index is 2.28. The van der Waals surface area contributed by atoms with Gasteiger partial charge in [0.1, 0.15) is 21.7 Å². The number of fused-ring (bicyclic) bond motifs is 1. The Morgan fingerprint density at radius 1 is 1.09 bits per heavy atom. The van der Waals surface area contributed by atoms with Crippen molar-refractivity contribution in [3.63, 3.8) is 0 Å². The highest BCUT2D eigenvalue weighted by Crippen LogP contribution is 2.33. The fourth-order valence-corrected chi connectivity index (χ4v) is 5.04. The van der Waals surface area contributed by atoms with E-state index in [-0.39, 0.29) is 6.54 Å². The van der Waals surface area contributed by atoms with Gasteiger partial charge in [0.05, 0.1) is 22.8 Å². The van der Waals surface area contributed by atoms with Gasteiger partial charge in [-0.1, -0.05) is 12.1 Å². The normalized spacial score (nSPS) is 12.2. The predicted octanol–water partition coefficient (Wildman–Crippen LogP) is 4.43. The highest BCUT2D eigenvalue weighted by atomic mass is 79.9. The molecule has 3 rings (SSSR count). The average Bonchev–Trinajstić information content (AvgIpc) is 2.99. The lowest BCUT2D eigenvalue weighted by Crippen LogP contribution is -2.54. The third-order valence-corrected chi connectivity index (χ3v) is 7.30. The van der Waals surface area contributed by atoms with E-state index in [2.05, 4.69) is 15.9 Å². The maximum Gasteiger partial charge on any atom is 0.333 e. The summed E-state index contributed by atoms with van der Waals surface area (Å²) in [6, 6.07) is 7.35. The number of halogens is 1. The number of benzene rings is 1. The van der Waals surface area contributed by atoms with Crippen molar-refractivity contribution in [2.24, 2.45) is 0 Å². The Bertz CT molecular complexity index is 1290. The molecule has 0 aliphatic heterocycles. The second-order valence-corrected chi connectivity index (χ2v) is 11.4. The second kappa shape index (κ2) is 8.51. The predicted molar refractivity (Wildman–Crippen MR) is 130 cm³/mol. The van der Waals surface area contributed by atoms with Gasteiger partial charge in [-0.2, -0.15) is 0 Å². The van der Waals surface area contributed by atoms with Crippen molar-refractivity contribution >= 4 is 43.5 Å². The summed E-state index contributed by atoms with van der Waals surface area (Å²) in [6.07, 6.45) is 0. The Morgan fingerprint density at radius 3 is 2.22 bits per heavy atom. The number of carbonyl (C=O) groups is 1. The topological polar surface area (TPSA) is 79.5 Å². The van der Waals surface area contributed by atoms with Crippen LogP contribution in [0.3, 0.4) is 0 Å². The van der Waals surface area contributed by atoms with Gasteiger partial charge in [0.25, 0.3) is 5.56 Å². The molecule has 172 valence electrons. The largest absolute Gasteiger partial charge is 0.497 e. The van der Waals surface area contributed by atoms with E-state index in [0.717, 1.165) is 19.5 Å². The van der Waals surface area contributed by atoms with Gasteiger partial charge in [-0.05, 0) is 80.7 Å². The molecule has 0 aliphatic carbocycles. The van der Waals surface area contributed by atoms with Gasteiger partial charge in [0.15, 0.2) is 0 Å². The number of rotatable bonds is 5. The van der Waals surface area contributed by atoms with Crippen LogP contribution in [0.4, 0.5) is 0 Å². The summed E-state index contributed by atoms with van der Waals surface area (Å²) >= 11 is 4.82. The molecule has 0 saturated carbocycles. The summed E-state index contributed by atoms with van der Waals surface area (Å²) in [5.41, 5.74) is -1.75. The van der Waals surface area contributed by atoms with Gasteiger partial charge >= 0.3 is 11.7 Å². The molecule has 0 radical (unpaired) electrons. The number of methoxy groups -OCH3 is 1. The summed E-state index contributed by atoms with van der Waals surface area (Å²) in [4.78, 5) is 40.7. The van der Waals surface area contributed by atoms with E-state index in [9.17, 15) is 14.4 Å². The van der Waals surface area contributed by atoms with Crippen LogP contribution in [0, 0.1) is 6.92 Å². The Kier molecular flexibility index (Phi) is 6.45. The molecule has 0 atom stereocenters. The molecule has 0 unspecified atom stereocenters. The lowest BCUT2D eigenvalue weighted by molar-refractivity contribution is -0.164. The van der Waals surface area contributed by atoms with Crippen LogP contribution in [0.25, 0.3) is 10.2 Å². The monoisotopic (exact) mass is 522 g/mol. The Hall–Kier alpha value is -2.39. The minimum absolute atomic E-state index is 0.233. The van der Waals surface area contributed by atoms with Crippen molar-refractivity contribution in [3.05, 3.63) is 60.0 Å². The number of thiophene rings is 1. The van der Waals surface area contributed by atoms with Gasteiger partial charge in [-0.15, -0.1) is 11.3 Å². The van der Waals surface area contributed by atoms with Gasteiger partial charge in [-0.3, -0.25) is 9.36 Å². The van der Waals surface area contributed by atoms with Crippen LogP contribution >= 0.6 is 27.3 Å². The van der Waals surface area contributed by atoms with Crippen molar-refractivity contribution in [1.29, 1.82) is 0 Å². The second-order valence-electron chi connectivity index (χ2n) is 9.10. The number of aromatic nitrogens is 2. The average molecular weight is 523 g/mol. The Morgan fingerprint density at radius 2 is 1.69 bits per heavy atom. The summed E-state index contributed by atoms with van der Waals surface area (Å²) in [5, 5.41) is 0.409. The zero-order chi connectivity index (χ0) is 24.0. The van der Waals surface area contributed by atoms with Crippen LogP contribution in [0.5, 0.6) is 5.75 Å². The van der Waals surface area contributed by atoms with E-state index in [1.165, 1.54) is 29.8 Å². The number of carbonyl (C=O) groups excluding carboxylic acids is 1. The molecule has 0 spiro atoms. The Labute approximate surface area is 198 Å². The van der Waals surface area contributed by atoms with E-state index >= 15 is 0 Å². The lowest BCUT2D eigenvalue weighted by Gasteiger charge is -2.30. The summed E-state index contributed by atoms with van der Waals surface area (Å²) in [5.74, 6) is 0.0588. The van der Waals surface area contributed by atoms with Crippen molar-refractivity contribution in [2.75, 3.05) is 7.11 Å². The standard InChI is InChI=1S/C23H27BrN2O5S/c1-13-16-18(27)26(23(5,6)20(28)31-22(2,3)4)21(29)25(19(16)32-17(13)24)12-14-8-10-15(30-7)11-9-14/h8-11H,12H2,1-7H3. The zero-order valence-corrected chi connectivity index (χ0v) is 21.6. The first-order valence-corrected chi connectivity index (χ1v) is 11.7. The lowest BCUT2D eigenvalue weighted by atomic mass is 10.0. The SMILES string of the molecule is COc1ccc(Cn2c(=O)n(C(C)(C)C(=O)OC(C)(C)C)c(=O)c3c(C)c(Br)sc32)cc1. The highest BCUT2D eigenvalue weighted by molar-refractivity contribution is 9.11. The smallest absolute Gasteiger partial charge is 0.333 e. The van der Waals surface area contributed by atoms with Crippen LogP contribution < -0.4 is 16.0 Å². The van der Waals surface area contributed by atoms with Crippen LogP contribution in [-0.2, 0) is 21.6 Å². The van der Waals surface area contributed by atoms with E-state index in [0.29, 0.717) is 16.0 Å². The van der Waals surface area contributed by atoms with E-state index < -0.39 is 28.4 Å². The minimum atomic E-state index is -1.50. The van der Waals surface area contributed by atoms with Crippen LogP contribution in [0.2, 0.25) is 0 Å². The van der Waals surface area contributed by atoms with E-state index in [4.69, 9.17) is 9.47 Å². The molecule has 2 heterocycles. The fourth-order valence-electron chi connectivity index (χ4n) is 3.36. The van der Waals surface area contributed by atoms with Crippen molar-refractivity contribution in [1.82, 2.24) is 9.13 Å². The minimum Gasteiger partial charge on any atom is -0.497 e. The molecule has 7 nitrogen and oxygen atoms in total. The van der Waals surface area contributed by atoms with E-state index in [1.807, 2.05) is 31.2 Å². The molecule has 0 saturated heterocycles. The first-order chi connectivity index (χ1) is 14.8. The van der Waals surface area contributed by atoms with E-state index in [1.54, 1.807) is 27.9 Å². The molecule has 32 heavy (non-hydrogen) atoms. The molecular weight excluding hydrogens is 496 g/mol. The van der Waals surface area contributed by atoms with Crippen LogP contribution in [-0.4, -0.2) is 27.8 Å². The van der Waals surface area contributed by atoms with Crippen LogP contribution in [0.1, 0.15) is 45.7 Å². The number of aryl methyl sites for hydroxylation is 1. The molecule has 0 aliphatic rings. The van der Waals surface area contributed by atoms with Crippen LogP contribution in [0.15, 0.2) is 37.6 Å². The summed E-state index contributed by atoms with van der Waals surface area (Å²) < 4.78 is 14.1. The maximum atomic E-state index is 13.7. The third-order valence-electron chi connectivity index (χ3n) is 5.11. The first kappa shape index (κ1) is 24.3. The molecule has 0 amide bonds. The fraction of sp³-hybridized carbons (Fsp3) is 0.435. The first-order valence-electron chi connectivity index (χ1n) is 10.1. The summed E-state index contributed by atoms with van der Waals surface area (Å²) in [6.45, 7) is 10.3. The molecule has 1 aromatic carbocycles. The molecule has 3 aromatic rings. The molecule has 2 aromatic heterocycles. The number of nitrogens with zero attached hydrogens (tertiary/aromatic N) is 2. The van der Waals surface area contributed by atoms with Gasteiger partial charge in [0.2, 0.25) is 0 Å².